The van der Waals surface area contributed by atoms with Crippen LogP contribution in [0.1, 0.15) is 32.3 Å². The van der Waals surface area contributed by atoms with Crippen molar-refractivity contribution in [2.75, 3.05) is 19.6 Å². The number of Topliss-reactive ketones (excluding diaryl/α,β-unsaturated/α-hetero) is 1. The molecule has 4 heteroatoms. The van der Waals surface area contributed by atoms with Crippen molar-refractivity contribution in [1.29, 1.82) is 0 Å². The van der Waals surface area contributed by atoms with Crippen LogP contribution < -0.4 is 0 Å². The first kappa shape index (κ1) is 15.5. The van der Waals surface area contributed by atoms with E-state index in [0.29, 0.717) is 5.02 Å². The number of ketones is 1. The molecule has 0 aliphatic carbocycles. The first-order valence-electron chi connectivity index (χ1n) is 7.09. The molecule has 0 saturated carbocycles. The van der Waals surface area contributed by atoms with Gasteiger partial charge in [-0.2, -0.15) is 0 Å². The summed E-state index contributed by atoms with van der Waals surface area (Å²) in [7, 11) is 0. The predicted molar refractivity (Wildman–Crippen MR) is 81.3 cm³/mol. The molecule has 1 aromatic carbocycles. The number of hydrogen-bond acceptors (Lipinski definition) is 3. The first-order chi connectivity index (χ1) is 9.45. The zero-order chi connectivity index (χ0) is 14.7. The lowest BCUT2D eigenvalue weighted by atomic mass is 9.94. The van der Waals surface area contributed by atoms with Crippen molar-refractivity contribution in [1.82, 2.24) is 4.90 Å². The van der Waals surface area contributed by atoms with Crippen LogP contribution in [-0.4, -0.2) is 42.5 Å². The number of benzene rings is 1. The molecule has 0 bridgehead atoms. The fourth-order valence-electron chi connectivity index (χ4n) is 2.86. The maximum Gasteiger partial charge on any atom is 0.138 e. The lowest BCUT2D eigenvalue weighted by Gasteiger charge is -2.36. The summed E-state index contributed by atoms with van der Waals surface area (Å²) in [5.41, 5.74) is 1.04. The van der Waals surface area contributed by atoms with Gasteiger partial charge in [0.25, 0.3) is 0 Å². The van der Waals surface area contributed by atoms with Crippen LogP contribution in [0.5, 0.6) is 0 Å². The minimum atomic E-state index is -0.0928. The summed E-state index contributed by atoms with van der Waals surface area (Å²) in [6.45, 7) is 8.31. The van der Waals surface area contributed by atoms with Crippen molar-refractivity contribution in [3.05, 3.63) is 34.9 Å². The van der Waals surface area contributed by atoms with Gasteiger partial charge in [0.05, 0.1) is 18.1 Å². The fraction of sp³-hybridized carbons (Fsp3) is 0.562. The summed E-state index contributed by atoms with van der Waals surface area (Å²) in [6, 6.07) is 7.58. The van der Waals surface area contributed by atoms with Gasteiger partial charge < -0.3 is 4.74 Å². The fourth-order valence-corrected chi connectivity index (χ4v) is 2.98. The summed E-state index contributed by atoms with van der Waals surface area (Å²) in [5.74, 6) is 0.101. The average molecular weight is 296 g/mol. The highest BCUT2D eigenvalue weighted by atomic mass is 35.5. The summed E-state index contributed by atoms with van der Waals surface area (Å²) >= 11 is 5.91. The van der Waals surface area contributed by atoms with Crippen LogP contribution in [0.4, 0.5) is 0 Å². The van der Waals surface area contributed by atoms with E-state index < -0.39 is 0 Å². The quantitative estimate of drug-likeness (QED) is 0.855. The van der Waals surface area contributed by atoms with E-state index in [1.807, 2.05) is 24.3 Å². The standard InChI is InChI=1S/C16H22ClNO2/c1-11-8-18(9-12(2)20-11)10-16(13(3)19)14-4-6-15(17)7-5-14/h4-7,11-12,16H,8-10H2,1-3H3/t11-,12+,16-/m1/s1. The van der Waals surface area contributed by atoms with Gasteiger partial charge in [-0.3, -0.25) is 9.69 Å². The van der Waals surface area contributed by atoms with E-state index in [1.54, 1.807) is 6.92 Å². The molecule has 0 radical (unpaired) electrons. The smallest absolute Gasteiger partial charge is 0.138 e. The molecule has 1 fully saturated rings. The van der Waals surface area contributed by atoms with Crippen LogP contribution in [0.3, 0.4) is 0 Å². The van der Waals surface area contributed by atoms with Crippen molar-refractivity contribution in [3.8, 4) is 0 Å². The highest BCUT2D eigenvalue weighted by Crippen LogP contribution is 2.22. The molecule has 0 amide bonds. The Bertz CT molecular complexity index is 450. The number of morpholine rings is 1. The number of carbonyl (C=O) groups is 1. The van der Waals surface area contributed by atoms with Gasteiger partial charge in [-0.25, -0.2) is 0 Å². The molecular formula is C16H22ClNO2. The van der Waals surface area contributed by atoms with E-state index in [1.165, 1.54) is 0 Å². The van der Waals surface area contributed by atoms with E-state index in [2.05, 4.69) is 18.7 Å². The molecule has 0 unspecified atom stereocenters. The third kappa shape index (κ3) is 4.05. The first-order valence-corrected chi connectivity index (χ1v) is 7.47. The summed E-state index contributed by atoms with van der Waals surface area (Å²) in [5, 5.41) is 0.699. The molecule has 1 aliphatic heterocycles. The third-order valence-electron chi connectivity index (χ3n) is 3.70. The molecule has 0 aromatic heterocycles. The monoisotopic (exact) mass is 295 g/mol. The van der Waals surface area contributed by atoms with E-state index in [-0.39, 0.29) is 23.9 Å². The number of rotatable bonds is 4. The molecule has 3 atom stereocenters. The second kappa shape index (κ2) is 6.70. The number of ether oxygens (including phenoxy) is 1. The summed E-state index contributed by atoms with van der Waals surface area (Å²) < 4.78 is 5.74. The third-order valence-corrected chi connectivity index (χ3v) is 3.95. The van der Waals surface area contributed by atoms with Crippen LogP contribution >= 0.6 is 11.6 Å². The Morgan fingerprint density at radius 2 is 1.85 bits per heavy atom. The predicted octanol–water partition coefficient (Wildman–Crippen LogP) is 3.12. The topological polar surface area (TPSA) is 29.5 Å². The minimum absolute atomic E-state index is 0.0928. The molecule has 2 rings (SSSR count). The molecule has 110 valence electrons. The SMILES string of the molecule is CC(=O)[C@@H](CN1C[C@@H](C)O[C@@H](C)C1)c1ccc(Cl)cc1. The number of carbonyl (C=O) groups excluding carboxylic acids is 1. The van der Waals surface area contributed by atoms with Gasteiger partial charge in [-0.05, 0) is 38.5 Å². The van der Waals surface area contributed by atoms with Gasteiger partial charge in [0, 0.05) is 24.7 Å². The second-order valence-corrected chi connectivity index (χ2v) is 6.13. The molecule has 1 heterocycles. The minimum Gasteiger partial charge on any atom is -0.373 e. The Balaban J connectivity index is 2.09. The van der Waals surface area contributed by atoms with Crippen LogP contribution in [0, 0.1) is 0 Å². The largest absolute Gasteiger partial charge is 0.373 e. The molecule has 0 N–H and O–H groups in total. The van der Waals surface area contributed by atoms with E-state index in [4.69, 9.17) is 16.3 Å². The maximum atomic E-state index is 12.0. The van der Waals surface area contributed by atoms with Gasteiger partial charge in [0.1, 0.15) is 5.78 Å². The molecule has 20 heavy (non-hydrogen) atoms. The zero-order valence-electron chi connectivity index (χ0n) is 12.3. The number of halogens is 1. The van der Waals surface area contributed by atoms with Crippen molar-refractivity contribution in [2.24, 2.45) is 0 Å². The summed E-state index contributed by atoms with van der Waals surface area (Å²) in [4.78, 5) is 14.3. The highest BCUT2D eigenvalue weighted by Gasteiger charge is 2.26. The Kier molecular flexibility index (Phi) is 5.19. The van der Waals surface area contributed by atoms with Crippen LogP contribution in [0.15, 0.2) is 24.3 Å². The molecule has 1 aliphatic rings. The Morgan fingerprint density at radius 1 is 1.30 bits per heavy atom. The maximum absolute atomic E-state index is 12.0. The Labute approximate surface area is 125 Å². The zero-order valence-corrected chi connectivity index (χ0v) is 13.1. The van der Waals surface area contributed by atoms with Crippen molar-refractivity contribution in [2.45, 2.75) is 38.9 Å². The van der Waals surface area contributed by atoms with E-state index >= 15 is 0 Å². The second-order valence-electron chi connectivity index (χ2n) is 5.69. The lowest BCUT2D eigenvalue weighted by molar-refractivity contribution is -0.120. The van der Waals surface area contributed by atoms with Crippen molar-refractivity contribution in [3.63, 3.8) is 0 Å². The van der Waals surface area contributed by atoms with E-state index in [0.717, 1.165) is 25.2 Å². The summed E-state index contributed by atoms with van der Waals surface area (Å²) in [6.07, 6.45) is 0.438. The van der Waals surface area contributed by atoms with Gasteiger partial charge in [-0.1, -0.05) is 23.7 Å². The Hall–Kier alpha value is -0.900. The number of nitrogens with zero attached hydrogens (tertiary/aromatic N) is 1. The van der Waals surface area contributed by atoms with Gasteiger partial charge in [0.2, 0.25) is 0 Å². The Morgan fingerprint density at radius 3 is 2.35 bits per heavy atom. The van der Waals surface area contributed by atoms with Crippen molar-refractivity contribution >= 4 is 17.4 Å². The molecule has 3 nitrogen and oxygen atoms in total. The molecule has 1 aromatic rings. The van der Waals surface area contributed by atoms with Crippen LogP contribution in [0.25, 0.3) is 0 Å². The van der Waals surface area contributed by atoms with Gasteiger partial charge >= 0.3 is 0 Å². The van der Waals surface area contributed by atoms with Gasteiger partial charge in [0.15, 0.2) is 0 Å². The van der Waals surface area contributed by atoms with Gasteiger partial charge in [-0.15, -0.1) is 0 Å². The normalized spacial score (nSPS) is 25.4. The molecular weight excluding hydrogens is 274 g/mol. The number of hydrogen-bond donors (Lipinski definition) is 0. The highest BCUT2D eigenvalue weighted by molar-refractivity contribution is 6.30. The molecule has 1 saturated heterocycles. The van der Waals surface area contributed by atoms with Crippen LogP contribution in [0.2, 0.25) is 5.02 Å². The lowest BCUT2D eigenvalue weighted by Crippen LogP contribution is -2.47. The molecule has 0 spiro atoms. The average Bonchev–Trinajstić information content (AvgIpc) is 2.36. The van der Waals surface area contributed by atoms with Crippen LogP contribution in [-0.2, 0) is 9.53 Å². The van der Waals surface area contributed by atoms with E-state index in [9.17, 15) is 4.79 Å². The van der Waals surface area contributed by atoms with Crippen molar-refractivity contribution < 1.29 is 9.53 Å².